The van der Waals surface area contributed by atoms with Gasteiger partial charge in [0.25, 0.3) is 0 Å². The van der Waals surface area contributed by atoms with Crippen molar-refractivity contribution in [2.75, 3.05) is 13.1 Å². The summed E-state index contributed by atoms with van der Waals surface area (Å²) < 4.78 is 2.40. The van der Waals surface area contributed by atoms with Gasteiger partial charge in [-0.15, -0.1) is 0 Å². The van der Waals surface area contributed by atoms with Crippen molar-refractivity contribution in [1.29, 1.82) is 0 Å². The second kappa shape index (κ2) is 10.1. The van der Waals surface area contributed by atoms with Gasteiger partial charge in [-0.2, -0.15) is 0 Å². The van der Waals surface area contributed by atoms with Crippen LogP contribution < -0.4 is 5.32 Å². The molecular formula is C29H33BN2O. The lowest BCUT2D eigenvalue weighted by atomic mass is 9.77. The number of nitrogens with zero attached hydrogens (tertiary/aromatic N) is 1. The molecule has 3 aliphatic rings. The molecule has 1 fully saturated rings. The van der Waals surface area contributed by atoms with Crippen LogP contribution in [0.5, 0.6) is 0 Å². The summed E-state index contributed by atoms with van der Waals surface area (Å²) in [6, 6.07) is 10.4. The Hall–Kier alpha value is -2.59. The number of nitrogens with one attached hydrogen (secondary N) is 1. The molecule has 1 saturated heterocycles. The lowest BCUT2D eigenvalue weighted by molar-refractivity contribution is -0.124. The summed E-state index contributed by atoms with van der Waals surface area (Å²) in [6.45, 7) is 2.73. The summed E-state index contributed by atoms with van der Waals surface area (Å²) in [5, 5.41) is 3.43. The lowest BCUT2D eigenvalue weighted by Crippen LogP contribution is -2.37. The van der Waals surface area contributed by atoms with Gasteiger partial charge in [0.15, 0.2) is 0 Å². The molecule has 4 heteroatoms. The van der Waals surface area contributed by atoms with Crippen molar-refractivity contribution < 1.29 is 4.79 Å². The van der Waals surface area contributed by atoms with E-state index in [0.29, 0.717) is 5.78 Å². The van der Waals surface area contributed by atoms with Gasteiger partial charge in [0, 0.05) is 36.8 Å². The van der Waals surface area contributed by atoms with E-state index >= 15 is 0 Å². The number of allylic oxidation sites excluding steroid dienone is 5. The Morgan fingerprint density at radius 2 is 2.12 bits per heavy atom. The van der Waals surface area contributed by atoms with Crippen molar-refractivity contribution in [2.24, 2.45) is 5.92 Å². The fourth-order valence-electron chi connectivity index (χ4n) is 5.59. The number of rotatable bonds is 7. The first kappa shape index (κ1) is 22.2. The molecule has 0 amide bonds. The van der Waals surface area contributed by atoms with Crippen LogP contribution in [0.3, 0.4) is 0 Å². The number of Topliss-reactive ketones (excluding diaryl/α,β-unsaturated/α-hetero) is 1. The molecule has 0 bridgehead atoms. The average Bonchev–Trinajstić information content (AvgIpc) is 3.19. The Balaban J connectivity index is 1.48. The second-order valence-corrected chi connectivity index (χ2v) is 9.77. The number of fused-ring (bicyclic) bond motifs is 1. The van der Waals surface area contributed by atoms with Crippen LogP contribution in [0.2, 0.25) is 5.82 Å². The Morgan fingerprint density at radius 1 is 1.24 bits per heavy atom. The van der Waals surface area contributed by atoms with E-state index in [-0.39, 0.29) is 17.7 Å². The van der Waals surface area contributed by atoms with Crippen molar-refractivity contribution in [3.8, 4) is 0 Å². The first-order chi connectivity index (χ1) is 16.2. The van der Waals surface area contributed by atoms with Crippen LogP contribution in [0.25, 0.3) is 6.08 Å². The maximum absolute atomic E-state index is 13.7. The van der Waals surface area contributed by atoms with Crippen molar-refractivity contribution in [2.45, 2.75) is 56.8 Å². The molecule has 1 aromatic heterocycles. The molecule has 168 valence electrons. The summed E-state index contributed by atoms with van der Waals surface area (Å²) in [4.78, 5) is 13.7. The van der Waals surface area contributed by atoms with Crippen LogP contribution in [0.15, 0.2) is 66.4 Å². The Kier molecular flexibility index (Phi) is 6.82. The molecule has 0 spiro atoms. The Morgan fingerprint density at radius 3 is 2.88 bits per heavy atom. The molecule has 3 nitrogen and oxygen atoms in total. The van der Waals surface area contributed by atoms with Crippen LogP contribution in [0.1, 0.15) is 54.0 Å². The molecule has 0 saturated carbocycles. The number of ketones is 1. The second-order valence-electron chi connectivity index (χ2n) is 9.77. The SMILES string of the molecule is [B]C1C=Cc2c(CC(C(=O)[C@@H]3CCCNC3)c3ccccc3)cn(CC3=CC=CCC3)c2C1. The van der Waals surface area contributed by atoms with Crippen LogP contribution in [-0.2, 0) is 24.2 Å². The van der Waals surface area contributed by atoms with Crippen molar-refractivity contribution in [3.63, 3.8) is 0 Å². The maximum Gasteiger partial charge on any atom is 0.145 e. The van der Waals surface area contributed by atoms with Gasteiger partial charge in [-0.05, 0) is 61.8 Å². The van der Waals surface area contributed by atoms with Crippen LogP contribution in [0.4, 0.5) is 0 Å². The number of aromatic nitrogens is 1. The normalized spacial score (nSPS) is 23.1. The maximum atomic E-state index is 13.7. The Bertz CT molecular complexity index is 1070. The summed E-state index contributed by atoms with van der Waals surface area (Å²) in [6.07, 6.45) is 19.1. The zero-order valence-electron chi connectivity index (χ0n) is 19.4. The summed E-state index contributed by atoms with van der Waals surface area (Å²) in [5.74, 6) is 0.424. The number of benzene rings is 1. The number of piperidine rings is 1. The molecule has 1 N–H and O–H groups in total. The molecule has 33 heavy (non-hydrogen) atoms. The minimum Gasteiger partial charge on any atom is -0.347 e. The molecule has 2 unspecified atom stereocenters. The third-order valence-electron chi connectivity index (χ3n) is 7.40. The van der Waals surface area contributed by atoms with E-state index in [9.17, 15) is 4.79 Å². The smallest absolute Gasteiger partial charge is 0.145 e. The van der Waals surface area contributed by atoms with Gasteiger partial charge in [-0.3, -0.25) is 4.79 Å². The molecule has 2 heterocycles. The van der Waals surface area contributed by atoms with Crippen LogP contribution in [-0.4, -0.2) is 31.3 Å². The molecule has 2 aromatic rings. The van der Waals surface area contributed by atoms with E-state index in [4.69, 9.17) is 7.85 Å². The monoisotopic (exact) mass is 436 g/mol. The van der Waals surface area contributed by atoms with E-state index in [1.807, 2.05) is 6.07 Å². The minimum absolute atomic E-state index is 0.0547. The van der Waals surface area contributed by atoms with Crippen LogP contribution >= 0.6 is 0 Å². The standard InChI is InChI=1S/C29H33BN2O/c30-25-13-14-26-24(20-32(28(26)17-25)19-21-8-3-1-4-9-21)16-27(22-10-5-2-6-11-22)29(33)23-12-7-15-31-18-23/h1-3,5-6,8,10-11,13-14,20,23,25,27,31H,4,7,9,12,15-19H2/t23-,25?,27?/m1/s1. The van der Waals surface area contributed by atoms with Crippen molar-refractivity contribution in [3.05, 3.63) is 88.8 Å². The van der Waals surface area contributed by atoms with Gasteiger partial charge in [0.05, 0.1) is 7.85 Å². The van der Waals surface area contributed by atoms with Gasteiger partial charge in [-0.1, -0.05) is 72.1 Å². The van der Waals surface area contributed by atoms with Gasteiger partial charge < -0.3 is 9.88 Å². The van der Waals surface area contributed by atoms with Crippen molar-refractivity contribution >= 4 is 19.7 Å². The highest BCUT2D eigenvalue weighted by molar-refractivity contribution is 6.13. The predicted octanol–water partition coefficient (Wildman–Crippen LogP) is 5.19. The highest BCUT2D eigenvalue weighted by Crippen LogP contribution is 2.35. The van der Waals surface area contributed by atoms with E-state index in [2.05, 4.69) is 70.7 Å². The minimum atomic E-state index is -0.114. The molecule has 5 rings (SSSR count). The van der Waals surface area contributed by atoms with Gasteiger partial charge in [0.2, 0.25) is 0 Å². The number of hydrogen-bond donors (Lipinski definition) is 1. The molecule has 2 aliphatic carbocycles. The highest BCUT2D eigenvalue weighted by Gasteiger charge is 2.31. The van der Waals surface area contributed by atoms with E-state index in [1.54, 1.807) is 0 Å². The van der Waals surface area contributed by atoms with E-state index in [1.165, 1.54) is 22.4 Å². The molecule has 2 radical (unpaired) electrons. The van der Waals surface area contributed by atoms with Gasteiger partial charge in [-0.25, -0.2) is 0 Å². The van der Waals surface area contributed by atoms with Gasteiger partial charge >= 0.3 is 0 Å². The van der Waals surface area contributed by atoms with E-state index in [0.717, 1.165) is 63.7 Å². The topological polar surface area (TPSA) is 34.0 Å². The largest absolute Gasteiger partial charge is 0.347 e. The number of carbonyl (C=O) groups excluding carboxylic acids is 1. The fraction of sp³-hybridized carbons (Fsp3) is 0.414. The summed E-state index contributed by atoms with van der Waals surface area (Å²) in [5.41, 5.74) is 6.44. The number of carbonyl (C=O) groups is 1. The Labute approximate surface area is 199 Å². The quantitative estimate of drug-likeness (QED) is 0.607. The molecule has 1 aliphatic heterocycles. The first-order valence-electron chi connectivity index (χ1n) is 12.5. The first-order valence-corrected chi connectivity index (χ1v) is 12.5. The lowest BCUT2D eigenvalue weighted by Gasteiger charge is -2.26. The third-order valence-corrected chi connectivity index (χ3v) is 7.40. The predicted molar refractivity (Wildman–Crippen MR) is 137 cm³/mol. The fourth-order valence-corrected chi connectivity index (χ4v) is 5.59. The molecule has 1 aromatic carbocycles. The summed E-state index contributed by atoms with van der Waals surface area (Å²) >= 11 is 0. The zero-order chi connectivity index (χ0) is 22.6. The molecule has 3 atom stereocenters. The van der Waals surface area contributed by atoms with E-state index < -0.39 is 0 Å². The van der Waals surface area contributed by atoms with Crippen LogP contribution in [0, 0.1) is 5.92 Å². The molecular weight excluding hydrogens is 403 g/mol. The summed E-state index contributed by atoms with van der Waals surface area (Å²) in [7, 11) is 6.31. The van der Waals surface area contributed by atoms with Gasteiger partial charge in [0.1, 0.15) is 5.78 Å². The third kappa shape index (κ3) is 5.01. The highest BCUT2D eigenvalue weighted by atomic mass is 16.1. The zero-order valence-corrected chi connectivity index (χ0v) is 19.4. The van der Waals surface area contributed by atoms with Crippen molar-refractivity contribution in [1.82, 2.24) is 9.88 Å². The average molecular weight is 436 g/mol. The number of hydrogen-bond acceptors (Lipinski definition) is 2.